The summed E-state index contributed by atoms with van der Waals surface area (Å²) in [7, 11) is 0. The fourth-order valence-corrected chi connectivity index (χ4v) is 2.16. The van der Waals surface area contributed by atoms with Crippen molar-refractivity contribution in [3.8, 4) is 0 Å². The van der Waals surface area contributed by atoms with E-state index in [1.165, 1.54) is 0 Å². The SMILES string of the molecule is Cc1nc(C(O)C(F)(F)F)sc1CCN. The summed E-state index contributed by atoms with van der Waals surface area (Å²) >= 11 is 0.858. The lowest BCUT2D eigenvalue weighted by Crippen LogP contribution is -2.19. The van der Waals surface area contributed by atoms with Crippen LogP contribution in [0.4, 0.5) is 13.2 Å². The first-order valence-corrected chi connectivity index (χ1v) is 5.09. The van der Waals surface area contributed by atoms with E-state index in [0.29, 0.717) is 23.5 Å². The molecule has 3 N–H and O–H groups in total. The van der Waals surface area contributed by atoms with E-state index in [9.17, 15) is 13.2 Å². The number of thiazole rings is 1. The highest BCUT2D eigenvalue weighted by Gasteiger charge is 2.41. The smallest absolute Gasteiger partial charge is 0.377 e. The molecule has 15 heavy (non-hydrogen) atoms. The maximum absolute atomic E-state index is 12.2. The Morgan fingerprint density at radius 1 is 1.53 bits per heavy atom. The first kappa shape index (κ1) is 12.4. The normalized spacial score (nSPS) is 14.3. The molecular formula is C8H11F3N2OS. The van der Waals surface area contributed by atoms with E-state index in [1.54, 1.807) is 6.92 Å². The van der Waals surface area contributed by atoms with Crippen LogP contribution in [-0.2, 0) is 6.42 Å². The van der Waals surface area contributed by atoms with Gasteiger partial charge in [-0.1, -0.05) is 0 Å². The number of aliphatic hydroxyl groups is 1. The molecule has 0 saturated carbocycles. The number of aryl methyl sites for hydroxylation is 1. The monoisotopic (exact) mass is 240 g/mol. The van der Waals surface area contributed by atoms with Gasteiger partial charge in [-0.05, 0) is 19.9 Å². The van der Waals surface area contributed by atoms with E-state index in [2.05, 4.69) is 4.98 Å². The van der Waals surface area contributed by atoms with Gasteiger partial charge in [-0.3, -0.25) is 0 Å². The molecule has 3 nitrogen and oxygen atoms in total. The van der Waals surface area contributed by atoms with Gasteiger partial charge in [0.05, 0.1) is 5.69 Å². The predicted octanol–water partition coefficient (Wildman–Crippen LogP) is 1.55. The van der Waals surface area contributed by atoms with Crippen LogP contribution in [0.1, 0.15) is 21.7 Å². The van der Waals surface area contributed by atoms with Crippen LogP contribution in [0, 0.1) is 6.92 Å². The fourth-order valence-electron chi connectivity index (χ4n) is 1.07. The van der Waals surface area contributed by atoms with Crippen molar-refractivity contribution in [2.75, 3.05) is 6.54 Å². The summed E-state index contributed by atoms with van der Waals surface area (Å²) in [5.74, 6) is 0. The van der Waals surface area contributed by atoms with Gasteiger partial charge >= 0.3 is 6.18 Å². The Morgan fingerprint density at radius 2 is 2.13 bits per heavy atom. The van der Waals surface area contributed by atoms with Gasteiger partial charge in [0.15, 0.2) is 0 Å². The van der Waals surface area contributed by atoms with Crippen LogP contribution in [-0.4, -0.2) is 22.8 Å². The molecule has 0 spiro atoms. The quantitative estimate of drug-likeness (QED) is 0.842. The number of hydrogen-bond acceptors (Lipinski definition) is 4. The lowest BCUT2D eigenvalue weighted by Gasteiger charge is -2.10. The number of alkyl halides is 3. The van der Waals surface area contributed by atoms with Crippen molar-refractivity contribution in [3.05, 3.63) is 15.6 Å². The van der Waals surface area contributed by atoms with Crippen molar-refractivity contribution in [1.29, 1.82) is 0 Å². The van der Waals surface area contributed by atoms with Crippen molar-refractivity contribution >= 4 is 11.3 Å². The van der Waals surface area contributed by atoms with Gasteiger partial charge in [0, 0.05) is 4.88 Å². The van der Waals surface area contributed by atoms with E-state index in [-0.39, 0.29) is 5.01 Å². The molecule has 1 unspecified atom stereocenters. The molecule has 7 heteroatoms. The number of nitrogens with two attached hydrogens (primary N) is 1. The van der Waals surface area contributed by atoms with Crippen LogP contribution in [0.5, 0.6) is 0 Å². The van der Waals surface area contributed by atoms with E-state index in [1.807, 2.05) is 0 Å². The molecule has 86 valence electrons. The molecule has 0 amide bonds. The van der Waals surface area contributed by atoms with Crippen LogP contribution in [0.3, 0.4) is 0 Å². The maximum Gasteiger partial charge on any atom is 0.420 e. The van der Waals surface area contributed by atoms with Crippen molar-refractivity contribution < 1.29 is 18.3 Å². The maximum atomic E-state index is 12.2. The zero-order valence-electron chi connectivity index (χ0n) is 8.01. The molecular weight excluding hydrogens is 229 g/mol. The molecule has 0 aliphatic heterocycles. The van der Waals surface area contributed by atoms with Crippen molar-refractivity contribution in [1.82, 2.24) is 4.98 Å². The van der Waals surface area contributed by atoms with Crippen molar-refractivity contribution in [3.63, 3.8) is 0 Å². The van der Waals surface area contributed by atoms with Gasteiger partial charge in [0.2, 0.25) is 6.10 Å². The third-order valence-electron chi connectivity index (χ3n) is 1.82. The Bertz CT molecular complexity index is 337. The van der Waals surface area contributed by atoms with Crippen LogP contribution in [0.2, 0.25) is 0 Å². The van der Waals surface area contributed by atoms with Gasteiger partial charge < -0.3 is 10.8 Å². The highest BCUT2D eigenvalue weighted by atomic mass is 32.1. The summed E-state index contributed by atoms with van der Waals surface area (Å²) in [4.78, 5) is 4.38. The molecule has 1 heterocycles. The second kappa shape index (κ2) is 4.46. The molecule has 0 radical (unpaired) electrons. The largest absolute Gasteiger partial charge is 0.420 e. The van der Waals surface area contributed by atoms with Gasteiger partial charge in [0.1, 0.15) is 5.01 Å². The third kappa shape index (κ3) is 2.90. The number of halogens is 3. The fraction of sp³-hybridized carbons (Fsp3) is 0.625. The molecule has 1 rings (SSSR count). The van der Waals surface area contributed by atoms with E-state index in [4.69, 9.17) is 10.8 Å². The Balaban J connectivity index is 2.92. The lowest BCUT2D eigenvalue weighted by atomic mass is 10.3. The molecule has 1 atom stereocenters. The Kier molecular flexibility index (Phi) is 3.69. The van der Waals surface area contributed by atoms with E-state index >= 15 is 0 Å². The van der Waals surface area contributed by atoms with Crippen LogP contribution >= 0.6 is 11.3 Å². The first-order valence-electron chi connectivity index (χ1n) is 4.27. The topological polar surface area (TPSA) is 59.1 Å². The summed E-state index contributed by atoms with van der Waals surface area (Å²) < 4.78 is 36.5. The Labute approximate surface area is 88.7 Å². The standard InChI is InChI=1S/C8H11F3N2OS/c1-4-5(2-3-12)15-7(13-4)6(14)8(9,10)11/h6,14H,2-3,12H2,1H3. The molecule has 0 aliphatic rings. The summed E-state index contributed by atoms with van der Waals surface area (Å²) in [6.07, 6.45) is -6.68. The van der Waals surface area contributed by atoms with Crippen molar-refractivity contribution in [2.45, 2.75) is 25.6 Å². The second-order valence-electron chi connectivity index (χ2n) is 3.04. The zero-order valence-corrected chi connectivity index (χ0v) is 8.82. The Morgan fingerprint density at radius 3 is 2.60 bits per heavy atom. The lowest BCUT2D eigenvalue weighted by molar-refractivity contribution is -0.206. The number of aromatic nitrogens is 1. The van der Waals surface area contributed by atoms with Crippen LogP contribution in [0.25, 0.3) is 0 Å². The van der Waals surface area contributed by atoms with Crippen LogP contribution in [0.15, 0.2) is 0 Å². The predicted molar refractivity (Wildman–Crippen MR) is 50.6 cm³/mol. The highest BCUT2D eigenvalue weighted by molar-refractivity contribution is 7.11. The van der Waals surface area contributed by atoms with Gasteiger partial charge in [-0.15, -0.1) is 11.3 Å². The summed E-state index contributed by atoms with van der Waals surface area (Å²) in [5.41, 5.74) is 5.80. The number of rotatable bonds is 3. The first-order chi connectivity index (χ1) is 6.86. The summed E-state index contributed by atoms with van der Waals surface area (Å²) in [6, 6.07) is 0. The van der Waals surface area contributed by atoms with Crippen LogP contribution < -0.4 is 5.73 Å². The zero-order chi connectivity index (χ0) is 11.6. The summed E-state index contributed by atoms with van der Waals surface area (Å²) in [5, 5.41) is 8.64. The Hall–Kier alpha value is -0.660. The molecule has 0 fully saturated rings. The molecule has 0 bridgehead atoms. The molecule has 0 aromatic carbocycles. The second-order valence-corrected chi connectivity index (χ2v) is 4.16. The minimum atomic E-state index is -4.66. The average Bonchev–Trinajstić information content (AvgIpc) is 2.46. The van der Waals surface area contributed by atoms with E-state index in [0.717, 1.165) is 11.3 Å². The minimum Gasteiger partial charge on any atom is -0.377 e. The average molecular weight is 240 g/mol. The number of hydrogen-bond donors (Lipinski definition) is 2. The van der Waals surface area contributed by atoms with Gasteiger partial charge in [-0.25, -0.2) is 4.98 Å². The molecule has 0 saturated heterocycles. The molecule has 1 aromatic heterocycles. The molecule has 0 aliphatic carbocycles. The summed E-state index contributed by atoms with van der Waals surface area (Å²) in [6.45, 7) is 1.96. The number of aliphatic hydroxyl groups excluding tert-OH is 1. The molecule has 1 aromatic rings. The van der Waals surface area contributed by atoms with Gasteiger partial charge in [-0.2, -0.15) is 13.2 Å². The number of nitrogens with zero attached hydrogens (tertiary/aromatic N) is 1. The highest BCUT2D eigenvalue weighted by Crippen LogP contribution is 2.35. The van der Waals surface area contributed by atoms with E-state index < -0.39 is 12.3 Å². The third-order valence-corrected chi connectivity index (χ3v) is 3.09. The van der Waals surface area contributed by atoms with Gasteiger partial charge in [0.25, 0.3) is 0 Å². The minimum absolute atomic E-state index is 0.316. The van der Waals surface area contributed by atoms with Crippen molar-refractivity contribution in [2.24, 2.45) is 5.73 Å².